The molecule has 0 saturated carbocycles. The number of carboxylic acids is 1. The van der Waals surface area contributed by atoms with Gasteiger partial charge in [-0.05, 0) is 61.2 Å². The Bertz CT molecular complexity index is 1390. The van der Waals surface area contributed by atoms with E-state index in [0.29, 0.717) is 37.6 Å². The van der Waals surface area contributed by atoms with Crippen molar-refractivity contribution < 1.29 is 29.0 Å². The lowest BCUT2D eigenvalue weighted by Crippen LogP contribution is -2.49. The molecular weight excluding hydrogens is 510 g/mol. The van der Waals surface area contributed by atoms with Crippen molar-refractivity contribution in [2.75, 3.05) is 43.0 Å². The van der Waals surface area contributed by atoms with Crippen LogP contribution < -0.4 is 10.2 Å². The van der Waals surface area contributed by atoms with Gasteiger partial charge in [-0.2, -0.15) is 0 Å². The second kappa shape index (κ2) is 10.9. The summed E-state index contributed by atoms with van der Waals surface area (Å²) in [6.07, 6.45) is -1.03. The van der Waals surface area contributed by atoms with E-state index in [-0.39, 0.29) is 24.2 Å². The van der Waals surface area contributed by atoms with Crippen molar-refractivity contribution in [2.24, 2.45) is 0 Å². The number of hydrogen-bond acceptors (Lipinski definition) is 6. The number of fused-ring (bicyclic) bond motifs is 3. The van der Waals surface area contributed by atoms with Crippen LogP contribution in [0, 0.1) is 0 Å². The third kappa shape index (κ3) is 5.88. The van der Waals surface area contributed by atoms with Crippen LogP contribution in [0.5, 0.6) is 0 Å². The lowest BCUT2D eigenvalue weighted by molar-refractivity contribution is 0.0632. The Morgan fingerprint density at radius 1 is 0.900 bits per heavy atom. The fraction of sp³-hybridized carbons (Fsp3) is 0.323. The molecule has 9 nitrogen and oxygen atoms in total. The summed E-state index contributed by atoms with van der Waals surface area (Å²) in [4.78, 5) is 40.7. The van der Waals surface area contributed by atoms with Crippen molar-refractivity contribution in [1.29, 1.82) is 0 Å². The third-order valence-electron chi connectivity index (χ3n) is 7.05. The number of ether oxygens (including phenoxy) is 2. The first-order valence-corrected chi connectivity index (χ1v) is 13.3. The maximum atomic E-state index is 13.0. The van der Waals surface area contributed by atoms with Crippen LogP contribution in [0.1, 0.15) is 48.2 Å². The molecule has 2 amide bonds. The Morgan fingerprint density at radius 2 is 1.50 bits per heavy atom. The molecule has 40 heavy (non-hydrogen) atoms. The van der Waals surface area contributed by atoms with Gasteiger partial charge in [0.25, 0.3) is 0 Å². The molecule has 1 fully saturated rings. The number of benzene rings is 3. The molecule has 0 atom stereocenters. The van der Waals surface area contributed by atoms with Crippen LogP contribution in [-0.2, 0) is 9.47 Å². The minimum absolute atomic E-state index is 0.00714. The molecule has 0 spiro atoms. The Morgan fingerprint density at radius 3 is 2.08 bits per heavy atom. The van der Waals surface area contributed by atoms with Crippen molar-refractivity contribution in [2.45, 2.75) is 32.3 Å². The molecule has 0 radical (unpaired) electrons. The van der Waals surface area contributed by atoms with E-state index in [1.165, 1.54) is 17.2 Å². The number of aromatic carboxylic acids is 1. The molecular formula is C31H33N3O6. The van der Waals surface area contributed by atoms with Crippen LogP contribution in [0.2, 0.25) is 0 Å². The van der Waals surface area contributed by atoms with Gasteiger partial charge in [-0.3, -0.25) is 5.32 Å². The number of amides is 2. The van der Waals surface area contributed by atoms with Gasteiger partial charge >= 0.3 is 18.2 Å². The van der Waals surface area contributed by atoms with Crippen LogP contribution in [0.15, 0.2) is 66.7 Å². The highest BCUT2D eigenvalue weighted by molar-refractivity contribution is 5.93. The van der Waals surface area contributed by atoms with Crippen LogP contribution in [-0.4, -0.2) is 66.5 Å². The monoisotopic (exact) mass is 543 g/mol. The fourth-order valence-corrected chi connectivity index (χ4v) is 5.24. The summed E-state index contributed by atoms with van der Waals surface area (Å²) in [7, 11) is 0. The molecule has 3 aromatic carbocycles. The van der Waals surface area contributed by atoms with E-state index in [9.17, 15) is 19.5 Å². The molecule has 0 aromatic heterocycles. The van der Waals surface area contributed by atoms with Gasteiger partial charge < -0.3 is 24.4 Å². The van der Waals surface area contributed by atoms with E-state index in [1.54, 1.807) is 37.8 Å². The molecule has 5 rings (SSSR count). The van der Waals surface area contributed by atoms with Crippen LogP contribution in [0.3, 0.4) is 0 Å². The molecule has 2 N–H and O–H groups in total. The molecule has 1 aliphatic carbocycles. The van der Waals surface area contributed by atoms with E-state index >= 15 is 0 Å². The van der Waals surface area contributed by atoms with Gasteiger partial charge in [0.05, 0.1) is 5.56 Å². The third-order valence-corrected chi connectivity index (χ3v) is 7.05. The SMILES string of the molecule is CC(C)(C)OC(=O)Nc1cc(C(=O)O)cc(N2CCN(C(=O)OCC3c4ccccc4-c4ccccc43)CC2)c1. The molecule has 9 heteroatoms. The normalized spacial score (nSPS) is 14.8. The maximum absolute atomic E-state index is 13.0. The van der Waals surface area contributed by atoms with E-state index < -0.39 is 17.7 Å². The molecule has 0 bridgehead atoms. The quantitative estimate of drug-likeness (QED) is 0.419. The number of piperazine rings is 1. The standard InChI is InChI=1S/C31H33N3O6/c1-31(2,3)40-29(37)32-21-16-20(28(35)36)17-22(18-21)33-12-14-34(15-13-33)30(38)39-19-27-25-10-6-4-8-23(25)24-9-5-7-11-26(24)27/h4-11,16-18,27H,12-15,19H2,1-3H3,(H,32,37)(H,35,36). The predicted molar refractivity (Wildman–Crippen MR) is 152 cm³/mol. The Balaban J connectivity index is 1.21. The number of rotatable bonds is 5. The molecule has 0 unspecified atom stereocenters. The molecule has 1 saturated heterocycles. The van der Waals surface area contributed by atoms with Gasteiger partial charge in [0.1, 0.15) is 12.2 Å². The van der Waals surface area contributed by atoms with Gasteiger partial charge in [-0.15, -0.1) is 0 Å². The zero-order valence-electron chi connectivity index (χ0n) is 22.8. The smallest absolute Gasteiger partial charge is 0.412 e. The van der Waals surface area contributed by atoms with Gasteiger partial charge in [-0.1, -0.05) is 48.5 Å². The highest BCUT2D eigenvalue weighted by Gasteiger charge is 2.30. The second-order valence-corrected chi connectivity index (χ2v) is 11.0. The molecule has 208 valence electrons. The number of nitrogens with zero attached hydrogens (tertiary/aromatic N) is 2. The number of hydrogen-bond donors (Lipinski definition) is 2. The number of nitrogens with one attached hydrogen (secondary N) is 1. The first kappa shape index (κ1) is 27.1. The zero-order valence-corrected chi connectivity index (χ0v) is 22.8. The fourth-order valence-electron chi connectivity index (χ4n) is 5.24. The van der Waals surface area contributed by atoms with E-state index in [1.807, 2.05) is 29.2 Å². The van der Waals surface area contributed by atoms with Crippen molar-refractivity contribution in [3.05, 3.63) is 83.4 Å². The Labute approximate surface area is 233 Å². The van der Waals surface area contributed by atoms with Gasteiger partial charge in [-0.25, -0.2) is 14.4 Å². The summed E-state index contributed by atoms with van der Waals surface area (Å²) in [5.41, 5.74) is 5.00. The molecule has 2 aliphatic rings. The summed E-state index contributed by atoms with van der Waals surface area (Å²) >= 11 is 0. The summed E-state index contributed by atoms with van der Waals surface area (Å²) < 4.78 is 11.1. The average molecular weight is 544 g/mol. The lowest BCUT2D eigenvalue weighted by atomic mass is 9.98. The summed E-state index contributed by atoms with van der Waals surface area (Å²) in [5.74, 6) is -1.11. The molecule has 1 heterocycles. The van der Waals surface area contributed by atoms with Crippen LogP contribution in [0.25, 0.3) is 11.1 Å². The highest BCUT2D eigenvalue weighted by Crippen LogP contribution is 2.44. The van der Waals surface area contributed by atoms with Crippen molar-refractivity contribution >= 4 is 29.5 Å². The summed E-state index contributed by atoms with van der Waals surface area (Å²) in [5, 5.41) is 12.2. The van der Waals surface area contributed by atoms with Crippen molar-refractivity contribution in [1.82, 2.24) is 4.90 Å². The molecule has 1 aliphatic heterocycles. The topological polar surface area (TPSA) is 108 Å². The number of carbonyl (C=O) groups excluding carboxylic acids is 2. The average Bonchev–Trinajstić information content (AvgIpc) is 3.24. The van der Waals surface area contributed by atoms with E-state index in [4.69, 9.17) is 9.47 Å². The van der Waals surface area contributed by atoms with Gasteiger partial charge in [0.15, 0.2) is 0 Å². The number of carboxylic acid groups (broad SMARTS) is 1. The van der Waals surface area contributed by atoms with E-state index in [2.05, 4.69) is 29.6 Å². The Kier molecular flexibility index (Phi) is 7.38. The first-order chi connectivity index (χ1) is 19.1. The predicted octanol–water partition coefficient (Wildman–Crippen LogP) is 5.80. The summed E-state index contributed by atoms with van der Waals surface area (Å²) in [6, 6.07) is 21.1. The second-order valence-electron chi connectivity index (χ2n) is 11.0. The van der Waals surface area contributed by atoms with Gasteiger partial charge in [0, 0.05) is 43.5 Å². The largest absolute Gasteiger partial charge is 0.478 e. The summed E-state index contributed by atoms with van der Waals surface area (Å²) in [6.45, 7) is 7.32. The lowest BCUT2D eigenvalue weighted by Gasteiger charge is -2.36. The van der Waals surface area contributed by atoms with Crippen LogP contribution in [0.4, 0.5) is 21.0 Å². The number of carbonyl (C=O) groups is 3. The maximum Gasteiger partial charge on any atom is 0.412 e. The zero-order chi connectivity index (χ0) is 28.4. The highest BCUT2D eigenvalue weighted by atomic mass is 16.6. The minimum Gasteiger partial charge on any atom is -0.478 e. The van der Waals surface area contributed by atoms with Crippen molar-refractivity contribution in [3.8, 4) is 11.1 Å². The van der Waals surface area contributed by atoms with Crippen LogP contribution >= 0.6 is 0 Å². The van der Waals surface area contributed by atoms with Crippen molar-refractivity contribution in [3.63, 3.8) is 0 Å². The first-order valence-electron chi connectivity index (χ1n) is 13.3. The van der Waals surface area contributed by atoms with Gasteiger partial charge in [0.2, 0.25) is 0 Å². The number of anilines is 2. The minimum atomic E-state index is -1.11. The Hall–Kier alpha value is -4.53. The van der Waals surface area contributed by atoms with E-state index in [0.717, 1.165) is 11.1 Å². The molecule has 3 aromatic rings.